The highest BCUT2D eigenvalue weighted by Crippen LogP contribution is 2.16. The van der Waals surface area contributed by atoms with E-state index in [2.05, 4.69) is 15.9 Å². The van der Waals surface area contributed by atoms with E-state index in [9.17, 15) is 14.0 Å². The van der Waals surface area contributed by atoms with Gasteiger partial charge in [0.05, 0.1) is 6.54 Å². The number of carbonyl (C=O) groups is 1. The van der Waals surface area contributed by atoms with E-state index >= 15 is 0 Å². The molecule has 4 nitrogen and oxygen atoms in total. The third-order valence-electron chi connectivity index (χ3n) is 2.89. The summed E-state index contributed by atoms with van der Waals surface area (Å²) in [6.45, 7) is 1.81. The molecule has 0 atom stereocenters. The van der Waals surface area contributed by atoms with Gasteiger partial charge in [0.15, 0.2) is 0 Å². The Morgan fingerprint density at radius 1 is 1.35 bits per heavy atom. The fourth-order valence-electron chi connectivity index (χ4n) is 1.91. The summed E-state index contributed by atoms with van der Waals surface area (Å²) in [5.74, 6) is -1.70. The van der Waals surface area contributed by atoms with Gasteiger partial charge >= 0.3 is 5.97 Å². The average Bonchev–Trinajstić information content (AvgIpc) is 2.32. The highest BCUT2D eigenvalue weighted by molar-refractivity contribution is 9.10. The Hall–Kier alpha value is -1.95. The summed E-state index contributed by atoms with van der Waals surface area (Å²) in [5, 5.41) is 8.95. The number of aryl methyl sites for hydroxylation is 1. The van der Waals surface area contributed by atoms with Crippen molar-refractivity contribution in [2.75, 3.05) is 0 Å². The summed E-state index contributed by atoms with van der Waals surface area (Å²) >= 11 is 3.18. The van der Waals surface area contributed by atoms with Crippen molar-refractivity contribution in [2.24, 2.45) is 0 Å². The van der Waals surface area contributed by atoms with Crippen LogP contribution in [0.3, 0.4) is 0 Å². The van der Waals surface area contributed by atoms with E-state index in [-0.39, 0.29) is 12.1 Å². The SMILES string of the molecule is Cc1ccc(C(=O)O)c(=O)n1Cc1cc(F)cc(Br)c1. The number of hydrogen-bond acceptors (Lipinski definition) is 2. The summed E-state index contributed by atoms with van der Waals surface area (Å²) in [6.07, 6.45) is 0. The van der Waals surface area contributed by atoms with Crippen LogP contribution in [0.5, 0.6) is 0 Å². The highest BCUT2D eigenvalue weighted by Gasteiger charge is 2.13. The maximum Gasteiger partial charge on any atom is 0.341 e. The number of nitrogens with zero attached hydrogens (tertiary/aromatic N) is 1. The molecule has 1 heterocycles. The molecule has 0 saturated heterocycles. The molecule has 0 aliphatic carbocycles. The molecule has 0 bridgehead atoms. The van der Waals surface area contributed by atoms with Crippen LogP contribution in [0.1, 0.15) is 21.6 Å². The van der Waals surface area contributed by atoms with Crippen molar-refractivity contribution in [3.05, 3.63) is 67.8 Å². The summed E-state index contributed by atoms with van der Waals surface area (Å²) in [7, 11) is 0. The minimum absolute atomic E-state index is 0.113. The maximum atomic E-state index is 13.3. The Morgan fingerprint density at radius 2 is 2.05 bits per heavy atom. The Labute approximate surface area is 122 Å². The largest absolute Gasteiger partial charge is 0.477 e. The van der Waals surface area contributed by atoms with Gasteiger partial charge in [0.2, 0.25) is 0 Å². The standard InChI is InChI=1S/C14H11BrFNO3/c1-8-2-3-12(14(19)20)13(18)17(8)7-9-4-10(15)6-11(16)5-9/h2-6H,7H2,1H3,(H,19,20). The molecule has 0 fully saturated rings. The van der Waals surface area contributed by atoms with Gasteiger partial charge in [0.1, 0.15) is 11.4 Å². The number of aromatic nitrogens is 1. The lowest BCUT2D eigenvalue weighted by Crippen LogP contribution is -2.28. The van der Waals surface area contributed by atoms with Crippen molar-refractivity contribution in [3.8, 4) is 0 Å². The molecule has 0 amide bonds. The zero-order chi connectivity index (χ0) is 14.9. The van der Waals surface area contributed by atoms with E-state index < -0.39 is 17.3 Å². The number of halogens is 2. The summed E-state index contributed by atoms with van der Waals surface area (Å²) in [6, 6.07) is 7.14. The maximum absolute atomic E-state index is 13.3. The van der Waals surface area contributed by atoms with Crippen LogP contribution < -0.4 is 5.56 Å². The zero-order valence-corrected chi connectivity index (χ0v) is 12.1. The minimum atomic E-state index is -1.27. The van der Waals surface area contributed by atoms with Crippen molar-refractivity contribution >= 4 is 21.9 Å². The Kier molecular flexibility index (Phi) is 4.04. The first-order chi connectivity index (χ1) is 9.38. The first-order valence-electron chi connectivity index (χ1n) is 5.77. The van der Waals surface area contributed by atoms with Crippen LogP contribution in [0, 0.1) is 12.7 Å². The fourth-order valence-corrected chi connectivity index (χ4v) is 2.43. The Bertz CT molecular complexity index is 719. The predicted octanol–water partition coefficient (Wildman–Crippen LogP) is 2.80. The first-order valence-corrected chi connectivity index (χ1v) is 6.56. The van der Waals surface area contributed by atoms with Gasteiger partial charge in [-0.25, -0.2) is 9.18 Å². The van der Waals surface area contributed by atoms with Gasteiger partial charge < -0.3 is 9.67 Å². The molecule has 1 N–H and O–H groups in total. The van der Waals surface area contributed by atoms with Crippen molar-refractivity contribution in [3.63, 3.8) is 0 Å². The Morgan fingerprint density at radius 3 is 2.65 bits per heavy atom. The second-order valence-electron chi connectivity index (χ2n) is 4.36. The van der Waals surface area contributed by atoms with Crippen molar-refractivity contribution in [1.29, 1.82) is 0 Å². The summed E-state index contributed by atoms with van der Waals surface area (Å²) in [4.78, 5) is 23.0. The van der Waals surface area contributed by atoms with Crippen LogP contribution in [0.25, 0.3) is 0 Å². The van der Waals surface area contributed by atoms with Crippen LogP contribution >= 0.6 is 15.9 Å². The number of carboxylic acid groups (broad SMARTS) is 1. The molecule has 1 aromatic carbocycles. The molecular weight excluding hydrogens is 329 g/mol. The van der Waals surface area contributed by atoms with E-state index in [1.165, 1.54) is 22.8 Å². The molecule has 0 unspecified atom stereocenters. The second kappa shape index (κ2) is 5.58. The molecule has 0 radical (unpaired) electrons. The van der Waals surface area contributed by atoms with Gasteiger partial charge in [0.25, 0.3) is 5.56 Å². The number of rotatable bonds is 3. The molecule has 0 aliphatic rings. The molecule has 0 spiro atoms. The van der Waals surface area contributed by atoms with Gasteiger partial charge in [-0.15, -0.1) is 0 Å². The van der Waals surface area contributed by atoms with Crippen molar-refractivity contribution in [1.82, 2.24) is 4.57 Å². The lowest BCUT2D eigenvalue weighted by atomic mass is 10.2. The third kappa shape index (κ3) is 2.96. The van der Waals surface area contributed by atoms with Crippen LogP contribution in [-0.4, -0.2) is 15.6 Å². The van der Waals surface area contributed by atoms with E-state index in [1.54, 1.807) is 19.1 Å². The normalized spacial score (nSPS) is 10.6. The minimum Gasteiger partial charge on any atom is -0.477 e. The zero-order valence-electron chi connectivity index (χ0n) is 10.6. The Balaban J connectivity index is 2.50. The number of benzene rings is 1. The van der Waals surface area contributed by atoms with Gasteiger partial charge in [0, 0.05) is 10.2 Å². The quantitative estimate of drug-likeness (QED) is 0.935. The summed E-state index contributed by atoms with van der Waals surface area (Å²) in [5.41, 5.74) is 0.286. The molecule has 104 valence electrons. The van der Waals surface area contributed by atoms with Crippen molar-refractivity contribution in [2.45, 2.75) is 13.5 Å². The molecule has 0 aliphatic heterocycles. The van der Waals surface area contributed by atoms with Crippen LogP contribution in [0.15, 0.2) is 39.6 Å². The van der Waals surface area contributed by atoms with E-state index in [1.807, 2.05) is 0 Å². The molecule has 2 rings (SSSR count). The first kappa shape index (κ1) is 14.5. The number of carboxylic acids is 1. The molecule has 1 aromatic heterocycles. The number of aromatic carboxylic acids is 1. The average molecular weight is 340 g/mol. The summed E-state index contributed by atoms with van der Waals surface area (Å²) < 4.78 is 15.2. The van der Waals surface area contributed by atoms with Gasteiger partial charge in [-0.3, -0.25) is 4.79 Å². The fraction of sp³-hybridized carbons (Fsp3) is 0.143. The van der Waals surface area contributed by atoms with Crippen LogP contribution in [0.2, 0.25) is 0 Å². The molecule has 0 saturated carbocycles. The van der Waals surface area contributed by atoms with Crippen LogP contribution in [0.4, 0.5) is 4.39 Å². The second-order valence-corrected chi connectivity index (χ2v) is 5.28. The van der Waals surface area contributed by atoms with Crippen molar-refractivity contribution < 1.29 is 14.3 Å². The molecular formula is C14H11BrFNO3. The van der Waals surface area contributed by atoms with Gasteiger partial charge in [-0.2, -0.15) is 0 Å². The van der Waals surface area contributed by atoms with Gasteiger partial charge in [-0.1, -0.05) is 15.9 Å². The topological polar surface area (TPSA) is 59.3 Å². The molecule has 20 heavy (non-hydrogen) atoms. The van der Waals surface area contributed by atoms with E-state index in [4.69, 9.17) is 5.11 Å². The monoisotopic (exact) mass is 339 g/mol. The van der Waals surface area contributed by atoms with E-state index in [0.29, 0.717) is 15.7 Å². The lowest BCUT2D eigenvalue weighted by Gasteiger charge is -2.11. The van der Waals surface area contributed by atoms with Crippen LogP contribution in [-0.2, 0) is 6.54 Å². The third-order valence-corrected chi connectivity index (χ3v) is 3.34. The van der Waals surface area contributed by atoms with Gasteiger partial charge in [-0.05, 0) is 42.8 Å². The smallest absolute Gasteiger partial charge is 0.341 e. The highest BCUT2D eigenvalue weighted by atomic mass is 79.9. The predicted molar refractivity (Wildman–Crippen MR) is 75.6 cm³/mol. The lowest BCUT2D eigenvalue weighted by molar-refractivity contribution is 0.0694. The van der Waals surface area contributed by atoms with E-state index in [0.717, 1.165) is 0 Å². The number of pyridine rings is 1. The molecule has 6 heteroatoms. The number of hydrogen-bond donors (Lipinski definition) is 1. The molecule has 2 aromatic rings.